The molecule has 3 aromatic rings. The van der Waals surface area contributed by atoms with Crippen molar-refractivity contribution < 1.29 is 23.1 Å². The van der Waals surface area contributed by atoms with Crippen LogP contribution in [0.25, 0.3) is 22.6 Å². The SMILES string of the molecule is C/C(=C\c1ccc2nccc(C(=O)NCC(=O)N3CC(F)(F)C[C@H]3C#N)c2c1)c1ccc2c(c1)OCCN2C. The molecule has 0 spiro atoms. The molecule has 1 saturated heterocycles. The Morgan fingerprint density at radius 1 is 1.26 bits per heavy atom. The second kappa shape index (κ2) is 10.3. The largest absolute Gasteiger partial charge is 0.490 e. The summed E-state index contributed by atoms with van der Waals surface area (Å²) in [4.78, 5) is 32.8. The van der Waals surface area contributed by atoms with Gasteiger partial charge >= 0.3 is 0 Å². The number of nitrogens with zero attached hydrogens (tertiary/aromatic N) is 4. The number of allylic oxidation sites excluding steroid dienone is 1. The molecule has 1 atom stereocenters. The van der Waals surface area contributed by atoms with Gasteiger partial charge in [0.05, 0.1) is 42.5 Å². The van der Waals surface area contributed by atoms with Gasteiger partial charge in [-0.1, -0.05) is 18.2 Å². The number of nitrogens with one attached hydrogen (secondary N) is 1. The number of likely N-dealkylation sites (tertiary alicyclic amines) is 1. The molecule has 0 radical (unpaired) electrons. The van der Waals surface area contributed by atoms with Crippen LogP contribution in [-0.2, 0) is 4.79 Å². The minimum atomic E-state index is -3.12. The van der Waals surface area contributed by atoms with Crippen LogP contribution in [-0.4, -0.2) is 67.0 Å². The lowest BCUT2D eigenvalue weighted by atomic mass is 10.0. The fourth-order valence-electron chi connectivity index (χ4n) is 4.94. The zero-order valence-corrected chi connectivity index (χ0v) is 21.6. The van der Waals surface area contributed by atoms with Gasteiger partial charge in [-0.25, -0.2) is 8.78 Å². The number of pyridine rings is 1. The number of fused-ring (bicyclic) bond motifs is 2. The Hall–Kier alpha value is -4.52. The molecule has 1 fully saturated rings. The van der Waals surface area contributed by atoms with Gasteiger partial charge in [0.1, 0.15) is 18.4 Å². The number of ether oxygens (including phenoxy) is 1. The minimum Gasteiger partial charge on any atom is -0.490 e. The van der Waals surface area contributed by atoms with Crippen molar-refractivity contribution in [3.63, 3.8) is 0 Å². The van der Waals surface area contributed by atoms with Crippen LogP contribution < -0.4 is 15.0 Å². The minimum absolute atomic E-state index is 0.300. The molecule has 2 amide bonds. The van der Waals surface area contributed by atoms with Gasteiger partial charge < -0.3 is 19.9 Å². The van der Waals surface area contributed by atoms with E-state index in [1.165, 1.54) is 6.20 Å². The third-order valence-electron chi connectivity index (χ3n) is 7.04. The molecular weight excluding hydrogens is 504 g/mol. The number of alkyl halides is 2. The summed E-state index contributed by atoms with van der Waals surface area (Å²) in [6.07, 6.45) is 2.79. The quantitative estimate of drug-likeness (QED) is 0.498. The van der Waals surface area contributed by atoms with Gasteiger partial charge in [0.15, 0.2) is 0 Å². The molecule has 2 aliphatic rings. The highest BCUT2D eigenvalue weighted by atomic mass is 19.3. The molecular formula is C29H27F2N5O3. The third kappa shape index (κ3) is 5.39. The topological polar surface area (TPSA) is 98.6 Å². The van der Waals surface area contributed by atoms with Gasteiger partial charge in [0.25, 0.3) is 11.8 Å². The number of rotatable bonds is 5. The van der Waals surface area contributed by atoms with E-state index in [0.717, 1.165) is 39.6 Å². The summed E-state index contributed by atoms with van der Waals surface area (Å²) in [6.45, 7) is 2.14. The molecule has 0 aliphatic carbocycles. The Labute approximate surface area is 224 Å². The predicted octanol–water partition coefficient (Wildman–Crippen LogP) is 4.11. The number of hydrogen-bond acceptors (Lipinski definition) is 6. The molecule has 0 bridgehead atoms. The number of carbonyl (C=O) groups excluding carboxylic acids is 2. The highest BCUT2D eigenvalue weighted by Crippen LogP contribution is 2.34. The number of nitriles is 1. The first-order chi connectivity index (χ1) is 18.6. The second-order valence-corrected chi connectivity index (χ2v) is 9.82. The molecule has 8 nitrogen and oxygen atoms in total. The van der Waals surface area contributed by atoms with E-state index in [4.69, 9.17) is 10.00 Å². The van der Waals surface area contributed by atoms with E-state index >= 15 is 0 Å². The van der Waals surface area contributed by atoms with Crippen molar-refractivity contribution in [3.8, 4) is 11.8 Å². The summed E-state index contributed by atoms with van der Waals surface area (Å²) in [5.41, 5.74) is 4.81. The van der Waals surface area contributed by atoms with E-state index in [1.807, 2.05) is 56.4 Å². The lowest BCUT2D eigenvalue weighted by Gasteiger charge is -2.28. The van der Waals surface area contributed by atoms with Crippen molar-refractivity contribution in [3.05, 3.63) is 65.4 Å². The van der Waals surface area contributed by atoms with Crippen molar-refractivity contribution in [1.29, 1.82) is 5.26 Å². The number of aromatic nitrogens is 1. The van der Waals surface area contributed by atoms with Crippen LogP contribution in [0.5, 0.6) is 5.75 Å². The van der Waals surface area contributed by atoms with Gasteiger partial charge in [-0.3, -0.25) is 14.6 Å². The first-order valence-electron chi connectivity index (χ1n) is 12.6. The fraction of sp³-hybridized carbons (Fsp3) is 0.310. The van der Waals surface area contributed by atoms with Crippen molar-refractivity contribution in [2.24, 2.45) is 0 Å². The van der Waals surface area contributed by atoms with Crippen LogP contribution in [0, 0.1) is 11.3 Å². The molecule has 10 heteroatoms. The van der Waals surface area contributed by atoms with Crippen molar-refractivity contribution in [2.75, 3.05) is 38.2 Å². The normalized spacial score (nSPS) is 18.3. The van der Waals surface area contributed by atoms with Gasteiger partial charge in [-0.05, 0) is 54.0 Å². The first-order valence-corrected chi connectivity index (χ1v) is 12.6. The van der Waals surface area contributed by atoms with Gasteiger partial charge in [-0.2, -0.15) is 5.26 Å². The fourth-order valence-corrected chi connectivity index (χ4v) is 4.94. The molecule has 3 heterocycles. The standard InChI is InChI=1S/C29H27F2N5O3/c1-18(20-4-6-25-26(13-20)39-10-9-35(25)2)11-19-3-5-24-23(12-19)22(7-8-33-24)28(38)34-16-27(37)36-17-29(30,31)14-21(36)15-32/h3-8,11-13,21H,9-10,14,16-17H2,1-2H3,(H,34,38)/b18-11+/t21-/m0/s1. The number of hydrogen-bond donors (Lipinski definition) is 1. The summed E-state index contributed by atoms with van der Waals surface area (Å²) in [5.74, 6) is -3.55. The number of amides is 2. The van der Waals surface area contributed by atoms with Crippen LogP contribution in [0.1, 0.15) is 34.8 Å². The lowest BCUT2D eigenvalue weighted by Crippen LogP contribution is -2.43. The second-order valence-electron chi connectivity index (χ2n) is 9.82. The Kier molecular flexibility index (Phi) is 6.91. The van der Waals surface area contributed by atoms with E-state index in [1.54, 1.807) is 12.1 Å². The third-order valence-corrected chi connectivity index (χ3v) is 7.04. The molecule has 5 rings (SSSR count). The summed E-state index contributed by atoms with van der Waals surface area (Å²) < 4.78 is 33.2. The Morgan fingerprint density at radius 3 is 2.87 bits per heavy atom. The molecule has 1 aromatic heterocycles. The Balaban J connectivity index is 1.35. The van der Waals surface area contributed by atoms with Crippen LogP contribution in [0.2, 0.25) is 0 Å². The van der Waals surface area contributed by atoms with Gasteiger partial charge in [0, 0.05) is 25.1 Å². The molecule has 39 heavy (non-hydrogen) atoms. The zero-order valence-electron chi connectivity index (χ0n) is 21.6. The number of benzene rings is 2. The van der Waals surface area contributed by atoms with Gasteiger partial charge in [0.2, 0.25) is 5.91 Å². The Bertz CT molecular complexity index is 1530. The van der Waals surface area contributed by atoms with Gasteiger partial charge in [-0.15, -0.1) is 0 Å². The maximum absolute atomic E-state index is 13.7. The van der Waals surface area contributed by atoms with Crippen molar-refractivity contribution >= 4 is 40.1 Å². The summed E-state index contributed by atoms with van der Waals surface area (Å²) in [6, 6.07) is 13.7. The maximum atomic E-state index is 13.7. The number of carbonyl (C=O) groups is 2. The van der Waals surface area contributed by atoms with Crippen LogP contribution in [0.4, 0.5) is 14.5 Å². The molecule has 1 N–H and O–H groups in total. The molecule has 0 unspecified atom stereocenters. The van der Waals surface area contributed by atoms with E-state index in [0.29, 0.717) is 23.1 Å². The molecule has 200 valence electrons. The average Bonchev–Trinajstić information content (AvgIpc) is 3.25. The highest BCUT2D eigenvalue weighted by Gasteiger charge is 2.47. The summed E-state index contributed by atoms with van der Waals surface area (Å²) >= 11 is 0. The highest BCUT2D eigenvalue weighted by molar-refractivity contribution is 6.07. The number of anilines is 1. The molecule has 0 saturated carbocycles. The Morgan fingerprint density at radius 2 is 2.08 bits per heavy atom. The summed E-state index contributed by atoms with van der Waals surface area (Å²) in [5, 5.41) is 12.2. The van der Waals surface area contributed by atoms with Crippen molar-refractivity contribution in [1.82, 2.24) is 15.2 Å². The average molecular weight is 532 g/mol. The van der Waals surface area contributed by atoms with E-state index in [9.17, 15) is 18.4 Å². The number of likely N-dealkylation sites (N-methyl/N-ethyl adjacent to an activating group) is 1. The molecule has 2 aromatic carbocycles. The smallest absolute Gasteiger partial charge is 0.268 e. The number of halogens is 2. The van der Waals surface area contributed by atoms with E-state index in [-0.39, 0.29) is 0 Å². The predicted molar refractivity (Wildman–Crippen MR) is 144 cm³/mol. The van der Waals surface area contributed by atoms with Crippen LogP contribution in [0.15, 0.2) is 48.7 Å². The first kappa shape index (κ1) is 26.1. The van der Waals surface area contributed by atoms with E-state index in [2.05, 4.69) is 15.2 Å². The van der Waals surface area contributed by atoms with E-state index < -0.39 is 43.3 Å². The van der Waals surface area contributed by atoms with Crippen molar-refractivity contribution in [2.45, 2.75) is 25.3 Å². The molecule has 2 aliphatic heterocycles. The lowest BCUT2D eigenvalue weighted by molar-refractivity contribution is -0.131. The monoisotopic (exact) mass is 531 g/mol. The van der Waals surface area contributed by atoms with Crippen LogP contribution >= 0.6 is 0 Å². The maximum Gasteiger partial charge on any atom is 0.268 e. The van der Waals surface area contributed by atoms with Crippen LogP contribution in [0.3, 0.4) is 0 Å². The summed E-state index contributed by atoms with van der Waals surface area (Å²) in [7, 11) is 2.03. The zero-order chi connectivity index (χ0) is 27.7.